The molecule has 0 aliphatic rings. The topological polar surface area (TPSA) is 54.6 Å². The summed E-state index contributed by atoms with van der Waals surface area (Å²) in [4.78, 5) is 14.8. The molecule has 0 bridgehead atoms. The van der Waals surface area contributed by atoms with Gasteiger partial charge in [0, 0.05) is 10.4 Å². The van der Waals surface area contributed by atoms with Crippen molar-refractivity contribution in [3.05, 3.63) is 45.6 Å². The predicted molar refractivity (Wildman–Crippen MR) is 80.2 cm³/mol. The fourth-order valence-corrected chi connectivity index (χ4v) is 3.27. The zero-order valence-electron chi connectivity index (χ0n) is 11.5. The van der Waals surface area contributed by atoms with Crippen molar-refractivity contribution in [1.29, 1.82) is 0 Å². The Bertz CT molecular complexity index is 930. The normalized spacial score (nSPS) is 12.0. The second-order valence-corrected chi connectivity index (χ2v) is 6.06. The van der Waals surface area contributed by atoms with Gasteiger partial charge >= 0.3 is 12.1 Å². The van der Waals surface area contributed by atoms with Crippen molar-refractivity contribution in [3.8, 4) is 11.3 Å². The molecule has 4 nitrogen and oxygen atoms in total. The molecule has 2 aromatic heterocycles. The highest BCUT2D eigenvalue weighted by Crippen LogP contribution is 2.36. The van der Waals surface area contributed by atoms with Gasteiger partial charge in [-0.25, -0.2) is 9.78 Å². The highest BCUT2D eigenvalue weighted by molar-refractivity contribution is 7.15. The molecule has 0 unspecified atom stereocenters. The Kier molecular flexibility index (Phi) is 3.61. The summed E-state index contributed by atoms with van der Waals surface area (Å²) in [6, 6.07) is 4.91. The molecule has 0 radical (unpaired) electrons. The average Bonchev–Trinajstić information content (AvgIpc) is 2.99. The van der Waals surface area contributed by atoms with Crippen LogP contribution >= 0.6 is 22.9 Å². The van der Waals surface area contributed by atoms with Crippen LogP contribution in [-0.2, 0) is 6.18 Å². The number of carboxylic acid groups (broad SMARTS) is 1. The molecule has 0 aliphatic heterocycles. The maximum absolute atomic E-state index is 13.0. The smallest absolute Gasteiger partial charge is 0.435 e. The molecule has 3 aromatic rings. The van der Waals surface area contributed by atoms with Gasteiger partial charge in [0.05, 0.1) is 5.69 Å². The molecule has 0 amide bonds. The number of nitrogens with zero attached hydrogens (tertiary/aromatic N) is 2. The standard InChI is InChI=1S/C14H8ClF3N2O2S/c1-6-4-7(2-3-8(6)15)9-5-23-13-19-11(14(16,17)18)10(12(21)22)20(9)13/h2-5H,1H3,(H,21,22). The van der Waals surface area contributed by atoms with Gasteiger partial charge < -0.3 is 5.11 Å². The van der Waals surface area contributed by atoms with Crippen LogP contribution in [0.25, 0.3) is 16.2 Å². The van der Waals surface area contributed by atoms with Gasteiger partial charge in [-0.15, -0.1) is 11.3 Å². The molecule has 120 valence electrons. The Morgan fingerprint density at radius 3 is 2.65 bits per heavy atom. The first kappa shape index (κ1) is 15.8. The number of hydrogen-bond acceptors (Lipinski definition) is 3. The summed E-state index contributed by atoms with van der Waals surface area (Å²) in [5, 5.41) is 11.3. The Balaban J connectivity index is 2.33. The van der Waals surface area contributed by atoms with E-state index in [1.807, 2.05) is 0 Å². The fraction of sp³-hybridized carbons (Fsp3) is 0.143. The number of thiazole rings is 1. The van der Waals surface area contributed by atoms with Gasteiger partial charge in [0.25, 0.3) is 0 Å². The monoisotopic (exact) mass is 360 g/mol. The number of halogens is 4. The zero-order valence-corrected chi connectivity index (χ0v) is 13.1. The Morgan fingerprint density at radius 2 is 2.09 bits per heavy atom. The number of rotatable bonds is 2. The molecule has 9 heteroatoms. The van der Waals surface area contributed by atoms with Gasteiger partial charge in [0.1, 0.15) is 0 Å². The van der Waals surface area contributed by atoms with Crippen LogP contribution in [-0.4, -0.2) is 20.5 Å². The van der Waals surface area contributed by atoms with E-state index >= 15 is 0 Å². The number of aryl methyl sites for hydroxylation is 1. The van der Waals surface area contributed by atoms with Crippen LogP contribution < -0.4 is 0 Å². The van der Waals surface area contributed by atoms with Crippen molar-refractivity contribution in [2.24, 2.45) is 0 Å². The molecule has 3 rings (SSSR count). The molecule has 1 aromatic carbocycles. The average molecular weight is 361 g/mol. The second-order valence-electron chi connectivity index (χ2n) is 4.81. The lowest BCUT2D eigenvalue weighted by Crippen LogP contribution is -2.14. The molecular formula is C14H8ClF3N2O2S. The van der Waals surface area contributed by atoms with Gasteiger partial charge in [0.2, 0.25) is 0 Å². The third kappa shape index (κ3) is 2.57. The number of carbonyl (C=O) groups is 1. The van der Waals surface area contributed by atoms with Gasteiger partial charge in [-0.05, 0) is 30.2 Å². The van der Waals surface area contributed by atoms with Gasteiger partial charge in [0.15, 0.2) is 16.3 Å². The van der Waals surface area contributed by atoms with Crippen molar-refractivity contribution in [3.63, 3.8) is 0 Å². The van der Waals surface area contributed by atoms with E-state index < -0.39 is 23.5 Å². The number of benzene rings is 1. The predicted octanol–water partition coefficient (Wildman–Crippen LogP) is 4.74. The summed E-state index contributed by atoms with van der Waals surface area (Å²) < 4.78 is 40.1. The molecule has 0 fully saturated rings. The summed E-state index contributed by atoms with van der Waals surface area (Å²) in [5.74, 6) is -1.69. The lowest BCUT2D eigenvalue weighted by atomic mass is 10.1. The SMILES string of the molecule is Cc1cc(-c2csc3nc(C(F)(F)F)c(C(=O)O)n23)ccc1Cl. The number of hydrogen-bond donors (Lipinski definition) is 1. The summed E-state index contributed by atoms with van der Waals surface area (Å²) in [5.41, 5.74) is -0.673. The number of aromatic nitrogens is 2. The number of imidazole rings is 1. The third-order valence-corrected chi connectivity index (χ3v) is 4.54. The molecule has 0 spiro atoms. The van der Waals surface area contributed by atoms with Gasteiger partial charge in [-0.1, -0.05) is 17.7 Å². The second kappa shape index (κ2) is 5.24. The molecule has 0 aliphatic carbocycles. The first-order chi connectivity index (χ1) is 10.7. The fourth-order valence-electron chi connectivity index (χ4n) is 2.26. The third-order valence-electron chi connectivity index (χ3n) is 3.29. The Labute approximate surface area is 136 Å². The minimum atomic E-state index is -4.84. The highest BCUT2D eigenvalue weighted by atomic mass is 35.5. The summed E-state index contributed by atoms with van der Waals surface area (Å²) in [6.07, 6.45) is -4.84. The van der Waals surface area contributed by atoms with Crippen molar-refractivity contribution in [2.75, 3.05) is 0 Å². The van der Waals surface area contributed by atoms with E-state index in [4.69, 9.17) is 11.6 Å². The van der Waals surface area contributed by atoms with E-state index in [-0.39, 0.29) is 4.96 Å². The van der Waals surface area contributed by atoms with E-state index in [1.54, 1.807) is 30.5 Å². The lowest BCUT2D eigenvalue weighted by molar-refractivity contribution is -0.141. The molecular weight excluding hydrogens is 353 g/mol. The van der Waals surface area contributed by atoms with E-state index in [9.17, 15) is 23.1 Å². The Hall–Kier alpha value is -2.06. The molecule has 0 atom stereocenters. The maximum atomic E-state index is 13.0. The van der Waals surface area contributed by atoms with Crippen LogP contribution in [0, 0.1) is 6.92 Å². The van der Waals surface area contributed by atoms with Crippen LogP contribution in [0.4, 0.5) is 13.2 Å². The van der Waals surface area contributed by atoms with Crippen LogP contribution in [0.3, 0.4) is 0 Å². The summed E-state index contributed by atoms with van der Waals surface area (Å²) >= 11 is 6.89. The first-order valence-electron chi connectivity index (χ1n) is 6.27. The van der Waals surface area contributed by atoms with Crippen molar-refractivity contribution < 1.29 is 23.1 Å². The van der Waals surface area contributed by atoms with Crippen LogP contribution in [0.15, 0.2) is 23.6 Å². The van der Waals surface area contributed by atoms with Crippen molar-refractivity contribution in [2.45, 2.75) is 13.1 Å². The molecule has 1 N–H and O–H groups in total. The van der Waals surface area contributed by atoms with Gasteiger partial charge in [-0.3, -0.25) is 4.40 Å². The maximum Gasteiger partial charge on any atom is 0.435 e. The number of aromatic carboxylic acids is 1. The minimum Gasteiger partial charge on any atom is -0.476 e. The molecule has 0 saturated carbocycles. The number of carboxylic acids is 1. The highest BCUT2D eigenvalue weighted by Gasteiger charge is 2.41. The quantitative estimate of drug-likeness (QED) is 0.718. The van der Waals surface area contributed by atoms with Gasteiger partial charge in [-0.2, -0.15) is 13.2 Å². The van der Waals surface area contributed by atoms with E-state index in [0.717, 1.165) is 21.3 Å². The minimum absolute atomic E-state index is 0.0303. The first-order valence-corrected chi connectivity index (χ1v) is 7.53. The largest absolute Gasteiger partial charge is 0.476 e. The zero-order chi connectivity index (χ0) is 16.9. The van der Waals surface area contributed by atoms with Crippen molar-refractivity contribution >= 4 is 33.9 Å². The summed E-state index contributed by atoms with van der Waals surface area (Å²) in [7, 11) is 0. The lowest BCUT2D eigenvalue weighted by Gasteiger charge is -2.07. The molecule has 23 heavy (non-hydrogen) atoms. The molecule has 0 saturated heterocycles. The van der Waals surface area contributed by atoms with Crippen LogP contribution in [0.5, 0.6) is 0 Å². The molecule has 2 heterocycles. The van der Waals surface area contributed by atoms with Crippen molar-refractivity contribution in [1.82, 2.24) is 9.38 Å². The number of alkyl halides is 3. The Morgan fingerprint density at radius 1 is 1.39 bits per heavy atom. The number of fused-ring (bicyclic) bond motifs is 1. The van der Waals surface area contributed by atoms with E-state index in [1.165, 1.54) is 0 Å². The van der Waals surface area contributed by atoms with Crippen LogP contribution in [0.1, 0.15) is 21.7 Å². The van der Waals surface area contributed by atoms with Crippen LogP contribution in [0.2, 0.25) is 5.02 Å². The summed E-state index contributed by atoms with van der Waals surface area (Å²) in [6.45, 7) is 1.75. The van der Waals surface area contributed by atoms with E-state index in [2.05, 4.69) is 4.98 Å². The van der Waals surface area contributed by atoms with E-state index in [0.29, 0.717) is 16.3 Å².